The highest BCUT2D eigenvalue weighted by molar-refractivity contribution is 4.94. The van der Waals surface area contributed by atoms with Crippen LogP contribution in [0.25, 0.3) is 0 Å². The van der Waals surface area contributed by atoms with E-state index in [1.54, 1.807) is 0 Å². The zero-order valence-electron chi connectivity index (χ0n) is 4.97. The predicted octanol–water partition coefficient (Wildman–Crippen LogP) is 0.524. The Kier molecular flexibility index (Phi) is 1.34. The van der Waals surface area contributed by atoms with Crippen LogP contribution in [0.3, 0.4) is 0 Å². The molecule has 0 saturated heterocycles. The molecule has 0 fully saturated rings. The smallest absolute Gasteiger partial charge is 0.252 e. The lowest BCUT2D eigenvalue weighted by molar-refractivity contribution is 0.515. The maximum absolute atomic E-state index is 12.3. The van der Waals surface area contributed by atoms with Gasteiger partial charge in [-0.3, -0.25) is 9.36 Å². The molecule has 3 heteroatoms. The standard InChI is InChI=1S/C6H6FNO/c1-8-5(7)3-2-4-6(8)9/h2-4H,1H3. The Labute approximate surface area is 51.6 Å². The third-order valence-electron chi connectivity index (χ3n) is 1.12. The van der Waals surface area contributed by atoms with E-state index in [-0.39, 0.29) is 5.56 Å². The first-order valence-electron chi connectivity index (χ1n) is 2.53. The van der Waals surface area contributed by atoms with E-state index < -0.39 is 5.95 Å². The largest absolute Gasteiger partial charge is 0.288 e. The van der Waals surface area contributed by atoms with Gasteiger partial charge in [0.2, 0.25) is 0 Å². The molecule has 0 saturated carbocycles. The van der Waals surface area contributed by atoms with Gasteiger partial charge in [0, 0.05) is 13.1 Å². The topological polar surface area (TPSA) is 22.0 Å². The molecular weight excluding hydrogens is 121 g/mol. The Morgan fingerprint density at radius 3 is 2.67 bits per heavy atom. The van der Waals surface area contributed by atoms with Crippen LogP contribution in [-0.4, -0.2) is 4.57 Å². The van der Waals surface area contributed by atoms with Crippen molar-refractivity contribution < 1.29 is 4.39 Å². The van der Waals surface area contributed by atoms with Gasteiger partial charge in [-0.1, -0.05) is 6.07 Å². The van der Waals surface area contributed by atoms with Gasteiger partial charge in [0.15, 0.2) is 5.95 Å². The third-order valence-corrected chi connectivity index (χ3v) is 1.12. The highest BCUT2D eigenvalue weighted by Crippen LogP contribution is 1.87. The van der Waals surface area contributed by atoms with Gasteiger partial charge in [-0.05, 0) is 6.07 Å². The molecule has 0 N–H and O–H groups in total. The molecule has 1 heterocycles. The number of rotatable bonds is 0. The zero-order chi connectivity index (χ0) is 6.85. The third kappa shape index (κ3) is 0.988. The second kappa shape index (κ2) is 2.01. The molecule has 2 nitrogen and oxygen atoms in total. The average molecular weight is 127 g/mol. The van der Waals surface area contributed by atoms with E-state index in [9.17, 15) is 9.18 Å². The van der Waals surface area contributed by atoms with Crippen LogP contribution in [0.5, 0.6) is 0 Å². The van der Waals surface area contributed by atoms with Crippen LogP contribution in [0.4, 0.5) is 4.39 Å². The van der Waals surface area contributed by atoms with Crippen LogP contribution in [0.2, 0.25) is 0 Å². The first-order valence-corrected chi connectivity index (χ1v) is 2.53. The molecule has 0 aliphatic heterocycles. The summed E-state index contributed by atoms with van der Waals surface area (Å²) in [5, 5.41) is 0. The second-order valence-electron chi connectivity index (χ2n) is 1.75. The quantitative estimate of drug-likeness (QED) is 0.466. The summed E-state index contributed by atoms with van der Waals surface area (Å²) in [6.45, 7) is 0. The summed E-state index contributed by atoms with van der Waals surface area (Å²) in [5.41, 5.74) is -0.324. The number of aromatic nitrogens is 1. The van der Waals surface area contributed by atoms with Crippen molar-refractivity contribution in [2.75, 3.05) is 0 Å². The number of hydrogen-bond acceptors (Lipinski definition) is 1. The Morgan fingerprint density at radius 1 is 1.56 bits per heavy atom. The van der Waals surface area contributed by atoms with Crippen molar-refractivity contribution in [3.63, 3.8) is 0 Å². The Balaban J connectivity index is 3.43. The van der Waals surface area contributed by atoms with Crippen LogP contribution >= 0.6 is 0 Å². The number of hydrogen-bond donors (Lipinski definition) is 0. The van der Waals surface area contributed by atoms with Crippen molar-refractivity contribution in [1.82, 2.24) is 4.57 Å². The summed E-state index contributed by atoms with van der Waals surface area (Å²) in [6.07, 6.45) is 0. The van der Waals surface area contributed by atoms with Crippen LogP contribution in [-0.2, 0) is 7.05 Å². The lowest BCUT2D eigenvalue weighted by Crippen LogP contribution is -2.17. The molecule has 0 unspecified atom stereocenters. The molecule has 9 heavy (non-hydrogen) atoms. The van der Waals surface area contributed by atoms with Crippen LogP contribution < -0.4 is 5.56 Å². The predicted molar refractivity (Wildman–Crippen MR) is 31.6 cm³/mol. The monoisotopic (exact) mass is 127 g/mol. The molecule has 0 bridgehead atoms. The number of halogens is 1. The molecule has 0 aliphatic carbocycles. The molecule has 0 amide bonds. The summed E-state index contributed by atoms with van der Waals surface area (Å²) in [6, 6.07) is 3.93. The fourth-order valence-electron chi connectivity index (χ4n) is 0.539. The Morgan fingerprint density at radius 2 is 2.22 bits per heavy atom. The highest BCUT2D eigenvalue weighted by atomic mass is 19.1. The van der Waals surface area contributed by atoms with Crippen molar-refractivity contribution >= 4 is 0 Å². The molecule has 48 valence electrons. The molecule has 0 aromatic carbocycles. The van der Waals surface area contributed by atoms with Gasteiger partial charge in [-0.2, -0.15) is 4.39 Å². The summed E-state index contributed by atoms with van der Waals surface area (Å²) in [5.74, 6) is -0.512. The number of nitrogens with zero attached hydrogens (tertiary/aromatic N) is 1. The molecule has 0 aliphatic rings. The van der Waals surface area contributed by atoms with Crippen molar-refractivity contribution in [3.8, 4) is 0 Å². The van der Waals surface area contributed by atoms with E-state index in [1.807, 2.05) is 0 Å². The average Bonchev–Trinajstić information content (AvgIpc) is 1.83. The Bertz CT molecular complexity index is 266. The number of pyridine rings is 1. The van der Waals surface area contributed by atoms with E-state index in [1.165, 1.54) is 25.2 Å². The second-order valence-corrected chi connectivity index (χ2v) is 1.75. The summed E-state index contributed by atoms with van der Waals surface area (Å²) in [7, 11) is 1.39. The molecule has 1 aromatic rings. The minimum Gasteiger partial charge on any atom is -0.288 e. The summed E-state index contributed by atoms with van der Waals surface area (Å²) >= 11 is 0. The highest BCUT2D eigenvalue weighted by Gasteiger charge is 1.92. The van der Waals surface area contributed by atoms with E-state index in [4.69, 9.17) is 0 Å². The fourth-order valence-corrected chi connectivity index (χ4v) is 0.539. The first kappa shape index (κ1) is 6.01. The van der Waals surface area contributed by atoms with Crippen LogP contribution in [0.15, 0.2) is 23.0 Å². The molecular formula is C6H6FNO. The molecule has 0 spiro atoms. The van der Waals surface area contributed by atoms with Gasteiger partial charge in [-0.25, -0.2) is 0 Å². The van der Waals surface area contributed by atoms with E-state index >= 15 is 0 Å². The van der Waals surface area contributed by atoms with Gasteiger partial charge >= 0.3 is 0 Å². The maximum Gasteiger partial charge on any atom is 0.252 e. The fraction of sp³-hybridized carbons (Fsp3) is 0.167. The summed E-state index contributed by atoms with van der Waals surface area (Å²) in [4.78, 5) is 10.6. The van der Waals surface area contributed by atoms with Crippen LogP contribution in [0, 0.1) is 5.95 Å². The molecule has 1 rings (SSSR count). The van der Waals surface area contributed by atoms with Gasteiger partial charge in [0.1, 0.15) is 0 Å². The lowest BCUT2D eigenvalue weighted by atomic mass is 10.5. The van der Waals surface area contributed by atoms with Crippen molar-refractivity contribution in [2.45, 2.75) is 0 Å². The van der Waals surface area contributed by atoms with Crippen LogP contribution in [0.1, 0.15) is 0 Å². The molecule has 1 aromatic heterocycles. The summed E-state index contributed by atoms with van der Waals surface area (Å²) < 4.78 is 13.3. The van der Waals surface area contributed by atoms with Gasteiger partial charge < -0.3 is 0 Å². The molecule has 0 radical (unpaired) electrons. The van der Waals surface area contributed by atoms with E-state index in [2.05, 4.69) is 0 Å². The maximum atomic E-state index is 12.3. The first-order chi connectivity index (χ1) is 4.22. The minimum atomic E-state index is -0.512. The van der Waals surface area contributed by atoms with Crippen molar-refractivity contribution in [1.29, 1.82) is 0 Å². The van der Waals surface area contributed by atoms with Gasteiger partial charge in [0.25, 0.3) is 5.56 Å². The van der Waals surface area contributed by atoms with Crippen molar-refractivity contribution in [3.05, 3.63) is 34.5 Å². The molecule has 0 atom stereocenters. The SMILES string of the molecule is Cn1c(F)cccc1=O. The van der Waals surface area contributed by atoms with E-state index in [0.29, 0.717) is 0 Å². The normalized spacial score (nSPS) is 9.56. The van der Waals surface area contributed by atoms with E-state index in [0.717, 1.165) is 4.57 Å². The lowest BCUT2D eigenvalue weighted by Gasteiger charge is -1.94. The van der Waals surface area contributed by atoms with Gasteiger partial charge in [0.05, 0.1) is 0 Å². The van der Waals surface area contributed by atoms with Crippen molar-refractivity contribution in [2.24, 2.45) is 7.05 Å². The van der Waals surface area contributed by atoms with Gasteiger partial charge in [-0.15, -0.1) is 0 Å². The Hall–Kier alpha value is -1.12. The minimum absolute atomic E-state index is 0.324. The zero-order valence-corrected chi connectivity index (χ0v) is 4.97.